The Balaban J connectivity index is 1.41. The van der Waals surface area contributed by atoms with Gasteiger partial charge in [-0.15, -0.1) is 11.3 Å². The van der Waals surface area contributed by atoms with E-state index in [0.29, 0.717) is 17.7 Å². The van der Waals surface area contributed by atoms with Crippen molar-refractivity contribution in [3.05, 3.63) is 93.3 Å². The summed E-state index contributed by atoms with van der Waals surface area (Å²) >= 11 is 1.65. The average Bonchev–Trinajstić information content (AvgIpc) is 3.52. The van der Waals surface area contributed by atoms with Crippen LogP contribution in [0.5, 0.6) is 0 Å². The summed E-state index contributed by atoms with van der Waals surface area (Å²) in [5.74, 6) is -1.02. The minimum Gasteiger partial charge on any atom is -0.361 e. The molecular weight excluding hydrogens is 410 g/mol. The van der Waals surface area contributed by atoms with Crippen molar-refractivity contribution in [2.24, 2.45) is 0 Å². The maximum Gasteiger partial charge on any atom is 0.261 e. The summed E-state index contributed by atoms with van der Waals surface area (Å²) < 4.78 is 0. The van der Waals surface area contributed by atoms with Crippen molar-refractivity contribution in [1.82, 2.24) is 15.2 Å². The number of rotatable bonds is 5. The first-order valence-corrected chi connectivity index (χ1v) is 10.8. The van der Waals surface area contributed by atoms with Crippen molar-refractivity contribution in [2.45, 2.75) is 5.92 Å². The van der Waals surface area contributed by atoms with Crippen LogP contribution in [-0.2, 0) is 0 Å². The number of para-hydroxylation sites is 1. The molecule has 0 bridgehead atoms. The number of aromatic nitrogens is 1. The van der Waals surface area contributed by atoms with Gasteiger partial charge in [0, 0.05) is 47.1 Å². The molecule has 2 aromatic heterocycles. The summed E-state index contributed by atoms with van der Waals surface area (Å²) in [6, 6.07) is 16.8. The highest BCUT2D eigenvalue weighted by molar-refractivity contribution is 7.10. The molecule has 0 radical (unpaired) electrons. The Morgan fingerprint density at radius 1 is 1.06 bits per heavy atom. The first-order chi connectivity index (χ1) is 15.0. The Morgan fingerprint density at radius 2 is 1.87 bits per heavy atom. The molecule has 6 nitrogen and oxygen atoms in total. The van der Waals surface area contributed by atoms with Crippen LogP contribution in [0.25, 0.3) is 10.9 Å². The number of benzene rings is 2. The molecule has 0 spiro atoms. The minimum atomic E-state index is -0.384. The van der Waals surface area contributed by atoms with E-state index >= 15 is 0 Å². The number of carbonyl (C=O) groups excluding carboxylic acids is 3. The van der Waals surface area contributed by atoms with Gasteiger partial charge in [-0.25, -0.2) is 0 Å². The third kappa shape index (κ3) is 3.23. The van der Waals surface area contributed by atoms with Gasteiger partial charge in [0.1, 0.15) is 0 Å². The number of nitrogens with one attached hydrogen (secondary N) is 2. The van der Waals surface area contributed by atoms with Crippen LogP contribution in [0, 0.1) is 0 Å². The number of amides is 3. The van der Waals surface area contributed by atoms with Crippen LogP contribution in [0.15, 0.2) is 66.2 Å². The van der Waals surface area contributed by atoms with Crippen LogP contribution < -0.4 is 5.32 Å². The highest BCUT2D eigenvalue weighted by atomic mass is 32.1. The molecule has 1 unspecified atom stereocenters. The number of aromatic amines is 1. The van der Waals surface area contributed by atoms with Crippen molar-refractivity contribution >= 4 is 40.0 Å². The topological polar surface area (TPSA) is 82.3 Å². The molecule has 154 valence electrons. The van der Waals surface area contributed by atoms with E-state index in [4.69, 9.17) is 0 Å². The molecule has 2 aromatic carbocycles. The highest BCUT2D eigenvalue weighted by Gasteiger charge is 2.33. The van der Waals surface area contributed by atoms with E-state index in [1.54, 1.807) is 23.5 Å². The quantitative estimate of drug-likeness (QED) is 0.470. The van der Waals surface area contributed by atoms with Gasteiger partial charge in [-0.05, 0) is 41.3 Å². The second-order valence-electron chi connectivity index (χ2n) is 7.50. The Bertz CT molecular complexity index is 1320. The molecular formula is C24H19N3O3S. The van der Waals surface area contributed by atoms with Crippen molar-refractivity contribution in [1.29, 1.82) is 0 Å². The summed E-state index contributed by atoms with van der Waals surface area (Å²) in [5.41, 5.74) is 3.14. The van der Waals surface area contributed by atoms with Gasteiger partial charge >= 0.3 is 0 Å². The Labute approximate surface area is 182 Å². The van der Waals surface area contributed by atoms with Crippen molar-refractivity contribution < 1.29 is 14.4 Å². The molecule has 0 saturated heterocycles. The fourth-order valence-electron chi connectivity index (χ4n) is 4.03. The third-order valence-electron chi connectivity index (χ3n) is 5.70. The van der Waals surface area contributed by atoms with Crippen LogP contribution in [-0.4, -0.2) is 41.2 Å². The number of hydrogen-bond donors (Lipinski definition) is 2. The summed E-state index contributed by atoms with van der Waals surface area (Å²) in [4.78, 5) is 42.8. The fraction of sp³-hybridized carbons (Fsp3) is 0.125. The first-order valence-electron chi connectivity index (χ1n) is 9.88. The van der Waals surface area contributed by atoms with Crippen molar-refractivity contribution in [3.8, 4) is 0 Å². The lowest BCUT2D eigenvalue weighted by molar-refractivity contribution is 0.0693. The van der Waals surface area contributed by atoms with Crippen LogP contribution in [0.2, 0.25) is 0 Å². The second-order valence-corrected chi connectivity index (χ2v) is 8.48. The molecule has 0 fully saturated rings. The monoisotopic (exact) mass is 429 g/mol. The van der Waals surface area contributed by atoms with Gasteiger partial charge in [0.15, 0.2) is 0 Å². The third-order valence-corrected chi connectivity index (χ3v) is 6.69. The number of fused-ring (bicyclic) bond motifs is 2. The first kappa shape index (κ1) is 19.3. The lowest BCUT2D eigenvalue weighted by atomic mass is 9.96. The van der Waals surface area contributed by atoms with Gasteiger partial charge in [-0.1, -0.05) is 24.3 Å². The SMILES string of the molecule is CN1C(=O)c2ccc(C(=O)NCC(c3cccs3)c3c[nH]c4ccccc34)cc2C1=O. The largest absolute Gasteiger partial charge is 0.361 e. The smallest absolute Gasteiger partial charge is 0.261 e. The molecule has 0 saturated carbocycles. The van der Waals surface area contributed by atoms with Gasteiger partial charge in [-0.2, -0.15) is 0 Å². The van der Waals surface area contributed by atoms with E-state index in [0.717, 1.165) is 26.2 Å². The van der Waals surface area contributed by atoms with Crippen LogP contribution >= 0.6 is 11.3 Å². The van der Waals surface area contributed by atoms with Crippen LogP contribution in [0.1, 0.15) is 47.4 Å². The molecule has 0 aliphatic carbocycles. The fourth-order valence-corrected chi connectivity index (χ4v) is 4.88. The van der Waals surface area contributed by atoms with Gasteiger partial charge < -0.3 is 10.3 Å². The Kier molecular flexibility index (Phi) is 4.67. The number of imide groups is 1. The van der Waals surface area contributed by atoms with E-state index < -0.39 is 0 Å². The maximum atomic E-state index is 12.9. The molecule has 1 aliphatic heterocycles. The molecule has 5 rings (SSSR count). The molecule has 31 heavy (non-hydrogen) atoms. The van der Waals surface area contributed by atoms with Gasteiger partial charge in [0.2, 0.25) is 0 Å². The van der Waals surface area contributed by atoms with Crippen molar-refractivity contribution in [3.63, 3.8) is 0 Å². The zero-order valence-corrected chi connectivity index (χ0v) is 17.5. The maximum absolute atomic E-state index is 12.9. The standard InChI is InChI=1S/C24H19N3O3S/c1-27-23(29)16-9-8-14(11-17(16)24(27)30)22(28)26-13-19(21-7-4-10-31-21)18-12-25-20-6-3-2-5-15(18)20/h2-12,19,25H,13H2,1H3,(H,26,28). The highest BCUT2D eigenvalue weighted by Crippen LogP contribution is 2.33. The molecule has 2 N–H and O–H groups in total. The lowest BCUT2D eigenvalue weighted by Gasteiger charge is -2.16. The number of hydrogen-bond acceptors (Lipinski definition) is 4. The van der Waals surface area contributed by atoms with Gasteiger partial charge in [0.05, 0.1) is 11.1 Å². The molecule has 1 atom stereocenters. The summed E-state index contributed by atoms with van der Waals surface area (Å²) in [5, 5.41) is 6.16. The molecule has 1 aliphatic rings. The predicted molar refractivity (Wildman–Crippen MR) is 120 cm³/mol. The Morgan fingerprint density at radius 3 is 2.68 bits per heavy atom. The van der Waals surface area contributed by atoms with Gasteiger partial charge in [0.25, 0.3) is 17.7 Å². The van der Waals surface area contributed by atoms with E-state index in [1.165, 1.54) is 13.1 Å². The van der Waals surface area contributed by atoms with E-state index in [1.807, 2.05) is 35.8 Å². The predicted octanol–water partition coefficient (Wildman–Crippen LogP) is 4.02. The van der Waals surface area contributed by atoms with E-state index in [-0.39, 0.29) is 29.2 Å². The lowest BCUT2D eigenvalue weighted by Crippen LogP contribution is -2.28. The summed E-state index contributed by atoms with van der Waals surface area (Å²) in [7, 11) is 1.44. The second kappa shape index (κ2) is 7.52. The Hall–Kier alpha value is -3.71. The number of H-pyrrole nitrogens is 1. The zero-order chi connectivity index (χ0) is 21.5. The van der Waals surface area contributed by atoms with Gasteiger partial charge in [-0.3, -0.25) is 19.3 Å². The molecule has 4 aromatic rings. The van der Waals surface area contributed by atoms with Crippen LogP contribution in [0.4, 0.5) is 0 Å². The van der Waals surface area contributed by atoms with E-state index in [9.17, 15) is 14.4 Å². The molecule has 7 heteroatoms. The van der Waals surface area contributed by atoms with E-state index in [2.05, 4.69) is 22.4 Å². The minimum absolute atomic E-state index is 0.0103. The normalized spacial score (nSPS) is 14.2. The van der Waals surface area contributed by atoms with Crippen molar-refractivity contribution in [2.75, 3.05) is 13.6 Å². The van der Waals surface area contributed by atoms with Crippen LogP contribution in [0.3, 0.4) is 0 Å². The summed E-state index contributed by atoms with van der Waals surface area (Å²) in [6.45, 7) is 0.408. The number of thiophene rings is 1. The molecule has 3 heterocycles. The summed E-state index contributed by atoms with van der Waals surface area (Å²) in [6.07, 6.45) is 2.00. The zero-order valence-electron chi connectivity index (χ0n) is 16.7. The number of nitrogens with zero attached hydrogens (tertiary/aromatic N) is 1. The molecule has 3 amide bonds. The number of carbonyl (C=O) groups is 3. The average molecular weight is 430 g/mol.